The molecule has 0 aliphatic rings. The van der Waals surface area contributed by atoms with E-state index in [0.717, 1.165) is 18.7 Å². The Balaban J connectivity index is 1.53. The van der Waals surface area contributed by atoms with Crippen LogP contribution < -0.4 is 15.4 Å². The number of methoxy groups -OCH3 is 1. The van der Waals surface area contributed by atoms with Gasteiger partial charge < -0.3 is 15.4 Å². The Hall–Kier alpha value is -3.34. The van der Waals surface area contributed by atoms with E-state index in [2.05, 4.69) is 27.8 Å². The van der Waals surface area contributed by atoms with Gasteiger partial charge in [-0.05, 0) is 42.3 Å². The molecule has 0 unspecified atom stereocenters. The number of benzene rings is 2. The fourth-order valence-electron chi connectivity index (χ4n) is 2.52. The Kier molecular flexibility index (Phi) is 5.83. The van der Waals surface area contributed by atoms with Crippen LogP contribution in [0.1, 0.15) is 15.9 Å². The zero-order valence-corrected chi connectivity index (χ0v) is 14.6. The molecule has 1 aromatic heterocycles. The van der Waals surface area contributed by atoms with Crippen molar-refractivity contribution in [3.63, 3.8) is 0 Å². The first-order valence-corrected chi connectivity index (χ1v) is 8.44. The number of nitrogens with one attached hydrogen (secondary N) is 2. The van der Waals surface area contributed by atoms with Crippen LogP contribution in [0.15, 0.2) is 72.9 Å². The van der Waals surface area contributed by atoms with Crippen LogP contribution in [0.2, 0.25) is 0 Å². The third-order valence-electron chi connectivity index (χ3n) is 3.92. The number of pyridine rings is 1. The van der Waals surface area contributed by atoms with Gasteiger partial charge in [0.1, 0.15) is 11.6 Å². The topological polar surface area (TPSA) is 63.2 Å². The van der Waals surface area contributed by atoms with E-state index < -0.39 is 0 Å². The molecule has 3 aromatic rings. The Bertz CT molecular complexity index is 849. The van der Waals surface area contributed by atoms with E-state index in [1.54, 1.807) is 43.6 Å². The molecule has 0 radical (unpaired) electrons. The highest BCUT2D eigenvalue weighted by Crippen LogP contribution is 2.15. The van der Waals surface area contributed by atoms with Gasteiger partial charge in [-0.25, -0.2) is 4.98 Å². The van der Waals surface area contributed by atoms with Gasteiger partial charge in [0.2, 0.25) is 0 Å². The van der Waals surface area contributed by atoms with Gasteiger partial charge in [0.25, 0.3) is 5.91 Å². The Labute approximate surface area is 153 Å². The SMILES string of the molecule is COc1cccc(C(=O)Nc2ccc(NCCc3ccccc3)cn2)c1. The number of carbonyl (C=O) groups is 1. The summed E-state index contributed by atoms with van der Waals surface area (Å²) in [6.45, 7) is 0.821. The zero-order chi connectivity index (χ0) is 18.2. The number of amides is 1. The maximum atomic E-state index is 12.3. The summed E-state index contributed by atoms with van der Waals surface area (Å²) >= 11 is 0. The molecule has 0 saturated heterocycles. The number of carbonyl (C=O) groups excluding carboxylic acids is 1. The maximum absolute atomic E-state index is 12.3. The molecule has 2 N–H and O–H groups in total. The quantitative estimate of drug-likeness (QED) is 0.678. The van der Waals surface area contributed by atoms with Crippen LogP contribution in [-0.2, 0) is 6.42 Å². The minimum atomic E-state index is -0.221. The molecular weight excluding hydrogens is 326 g/mol. The number of anilines is 2. The summed E-state index contributed by atoms with van der Waals surface area (Å²) in [5.74, 6) is 0.927. The summed E-state index contributed by atoms with van der Waals surface area (Å²) in [4.78, 5) is 16.6. The van der Waals surface area contributed by atoms with Crippen LogP contribution in [0, 0.1) is 0 Å². The molecule has 0 bridgehead atoms. The first-order valence-electron chi connectivity index (χ1n) is 8.44. The lowest BCUT2D eigenvalue weighted by atomic mass is 10.1. The van der Waals surface area contributed by atoms with E-state index in [1.807, 2.05) is 24.3 Å². The average molecular weight is 347 g/mol. The van der Waals surface area contributed by atoms with Crippen molar-refractivity contribution < 1.29 is 9.53 Å². The van der Waals surface area contributed by atoms with Gasteiger partial charge in [-0.3, -0.25) is 4.79 Å². The first-order chi connectivity index (χ1) is 12.7. The smallest absolute Gasteiger partial charge is 0.256 e. The molecule has 0 atom stereocenters. The highest BCUT2D eigenvalue weighted by Gasteiger charge is 2.07. The van der Waals surface area contributed by atoms with Crippen LogP contribution >= 0.6 is 0 Å². The molecule has 26 heavy (non-hydrogen) atoms. The van der Waals surface area contributed by atoms with Gasteiger partial charge in [-0.15, -0.1) is 0 Å². The summed E-state index contributed by atoms with van der Waals surface area (Å²) in [7, 11) is 1.57. The summed E-state index contributed by atoms with van der Waals surface area (Å²) < 4.78 is 5.14. The summed E-state index contributed by atoms with van der Waals surface area (Å²) in [6, 6.07) is 21.0. The molecule has 5 heteroatoms. The zero-order valence-electron chi connectivity index (χ0n) is 14.6. The predicted octanol–water partition coefficient (Wildman–Crippen LogP) is 4.00. The van der Waals surface area contributed by atoms with Crippen LogP contribution in [0.25, 0.3) is 0 Å². The molecular formula is C21H21N3O2. The largest absolute Gasteiger partial charge is 0.497 e. The molecule has 132 valence electrons. The summed E-state index contributed by atoms with van der Waals surface area (Å²) in [5.41, 5.74) is 2.73. The second kappa shape index (κ2) is 8.67. The van der Waals surface area contributed by atoms with Crippen molar-refractivity contribution >= 4 is 17.4 Å². The van der Waals surface area contributed by atoms with E-state index >= 15 is 0 Å². The fourth-order valence-corrected chi connectivity index (χ4v) is 2.52. The third-order valence-corrected chi connectivity index (χ3v) is 3.92. The Morgan fingerprint density at radius 2 is 1.88 bits per heavy atom. The molecule has 0 fully saturated rings. The molecule has 3 rings (SSSR count). The van der Waals surface area contributed by atoms with E-state index in [-0.39, 0.29) is 5.91 Å². The van der Waals surface area contributed by atoms with Crippen molar-refractivity contribution in [3.8, 4) is 5.75 Å². The minimum Gasteiger partial charge on any atom is -0.497 e. The highest BCUT2D eigenvalue weighted by atomic mass is 16.5. The summed E-state index contributed by atoms with van der Waals surface area (Å²) in [6.07, 6.45) is 2.65. The summed E-state index contributed by atoms with van der Waals surface area (Å²) in [5, 5.41) is 6.11. The van der Waals surface area contributed by atoms with E-state index in [9.17, 15) is 4.79 Å². The van der Waals surface area contributed by atoms with Crippen molar-refractivity contribution in [2.24, 2.45) is 0 Å². The number of ether oxygens (including phenoxy) is 1. The fraction of sp³-hybridized carbons (Fsp3) is 0.143. The standard InChI is InChI=1S/C21H21N3O2/c1-26-19-9-5-8-17(14-19)21(25)24-20-11-10-18(15-23-20)22-13-12-16-6-3-2-4-7-16/h2-11,14-15,22H,12-13H2,1H3,(H,23,24,25). The first kappa shape index (κ1) is 17.5. The molecule has 0 aliphatic heterocycles. The number of aromatic nitrogens is 1. The van der Waals surface area contributed by atoms with Crippen molar-refractivity contribution in [1.82, 2.24) is 4.98 Å². The molecule has 0 saturated carbocycles. The number of hydrogen-bond acceptors (Lipinski definition) is 4. The van der Waals surface area contributed by atoms with Gasteiger partial charge >= 0.3 is 0 Å². The van der Waals surface area contributed by atoms with Gasteiger partial charge in [-0.1, -0.05) is 36.4 Å². The molecule has 5 nitrogen and oxygen atoms in total. The lowest BCUT2D eigenvalue weighted by molar-refractivity contribution is 0.102. The third kappa shape index (κ3) is 4.83. The van der Waals surface area contributed by atoms with Gasteiger partial charge in [0.05, 0.1) is 19.0 Å². The van der Waals surface area contributed by atoms with Gasteiger partial charge in [-0.2, -0.15) is 0 Å². The molecule has 2 aromatic carbocycles. The lowest BCUT2D eigenvalue weighted by Gasteiger charge is -2.08. The lowest BCUT2D eigenvalue weighted by Crippen LogP contribution is -2.13. The van der Waals surface area contributed by atoms with E-state index in [1.165, 1.54) is 5.56 Å². The normalized spacial score (nSPS) is 10.2. The Morgan fingerprint density at radius 3 is 2.62 bits per heavy atom. The number of nitrogens with zero attached hydrogens (tertiary/aromatic N) is 1. The van der Waals surface area contributed by atoms with Gasteiger partial charge in [0.15, 0.2) is 0 Å². The van der Waals surface area contributed by atoms with Crippen LogP contribution in [0.3, 0.4) is 0 Å². The monoisotopic (exact) mass is 347 g/mol. The van der Waals surface area contributed by atoms with Crippen molar-refractivity contribution in [3.05, 3.63) is 84.1 Å². The average Bonchev–Trinajstić information content (AvgIpc) is 2.70. The van der Waals surface area contributed by atoms with Crippen molar-refractivity contribution in [1.29, 1.82) is 0 Å². The number of hydrogen-bond donors (Lipinski definition) is 2. The maximum Gasteiger partial charge on any atom is 0.256 e. The minimum absolute atomic E-state index is 0.221. The molecule has 1 heterocycles. The van der Waals surface area contributed by atoms with Crippen LogP contribution in [0.4, 0.5) is 11.5 Å². The second-order valence-corrected chi connectivity index (χ2v) is 5.78. The molecule has 1 amide bonds. The molecule has 0 aliphatic carbocycles. The van der Waals surface area contributed by atoms with E-state index in [4.69, 9.17) is 4.74 Å². The van der Waals surface area contributed by atoms with Crippen molar-refractivity contribution in [2.75, 3.05) is 24.3 Å². The predicted molar refractivity (Wildman–Crippen MR) is 104 cm³/mol. The second-order valence-electron chi connectivity index (χ2n) is 5.78. The van der Waals surface area contributed by atoms with E-state index in [0.29, 0.717) is 17.1 Å². The van der Waals surface area contributed by atoms with Crippen LogP contribution in [-0.4, -0.2) is 24.5 Å². The van der Waals surface area contributed by atoms with Crippen LogP contribution in [0.5, 0.6) is 5.75 Å². The Morgan fingerprint density at radius 1 is 1.04 bits per heavy atom. The molecule has 0 spiro atoms. The van der Waals surface area contributed by atoms with Gasteiger partial charge in [0, 0.05) is 12.1 Å². The highest BCUT2D eigenvalue weighted by molar-refractivity contribution is 6.04. The number of rotatable bonds is 7. The van der Waals surface area contributed by atoms with Crippen molar-refractivity contribution in [2.45, 2.75) is 6.42 Å².